The molecule has 0 bridgehead atoms. The standard InChI is InChI=1S/C40H45N3O7/c1-47-38(45)36(23-28-7-3-2-4-8-28)42-40(46)41-25-33-9-5-6-10-35(33)30-15-17-32(18-16-30)39-49-34(26-43-19-21-48-22-20-43)24-37(50-39)31-13-11-29(27-44)12-14-31/h2-18,34,36-37,39,44H,19-27H2,1H3,(H2,41,42,46)/t34-,36+,37+,39+/m1/s1. The fourth-order valence-electron chi connectivity index (χ4n) is 6.45. The number of morpholine rings is 1. The number of hydrogen-bond acceptors (Lipinski definition) is 8. The van der Waals surface area contributed by atoms with Gasteiger partial charge in [0.15, 0.2) is 6.29 Å². The lowest BCUT2D eigenvalue weighted by Crippen LogP contribution is -2.47. The van der Waals surface area contributed by atoms with Gasteiger partial charge in [-0.3, -0.25) is 4.90 Å². The molecule has 10 heteroatoms. The Morgan fingerprint density at radius 3 is 2.28 bits per heavy atom. The van der Waals surface area contributed by atoms with Crippen LogP contribution in [0.2, 0.25) is 0 Å². The fourth-order valence-corrected chi connectivity index (χ4v) is 6.45. The molecule has 2 saturated heterocycles. The number of ether oxygens (including phenoxy) is 4. The third-order valence-electron chi connectivity index (χ3n) is 9.20. The van der Waals surface area contributed by atoms with Crippen molar-refractivity contribution in [2.24, 2.45) is 0 Å². The van der Waals surface area contributed by atoms with Crippen LogP contribution in [0.4, 0.5) is 4.79 Å². The van der Waals surface area contributed by atoms with E-state index in [2.05, 4.69) is 15.5 Å². The van der Waals surface area contributed by atoms with Gasteiger partial charge >= 0.3 is 12.0 Å². The fraction of sp³-hybridized carbons (Fsp3) is 0.350. The van der Waals surface area contributed by atoms with E-state index in [4.69, 9.17) is 18.9 Å². The summed E-state index contributed by atoms with van der Waals surface area (Å²) in [7, 11) is 1.31. The second-order valence-corrected chi connectivity index (χ2v) is 12.6. The molecular formula is C40H45N3O7. The normalized spacial score (nSPS) is 20.1. The summed E-state index contributed by atoms with van der Waals surface area (Å²) in [6, 6.07) is 32.2. The minimum absolute atomic E-state index is 0.000545. The van der Waals surface area contributed by atoms with Crippen molar-refractivity contribution >= 4 is 12.0 Å². The molecule has 2 aliphatic rings. The first-order valence-corrected chi connectivity index (χ1v) is 17.1. The molecule has 2 amide bonds. The molecule has 3 N–H and O–H groups in total. The van der Waals surface area contributed by atoms with Crippen molar-refractivity contribution in [3.63, 3.8) is 0 Å². The lowest BCUT2D eigenvalue weighted by Gasteiger charge is -2.39. The number of rotatable bonds is 12. The molecule has 50 heavy (non-hydrogen) atoms. The Balaban J connectivity index is 1.13. The zero-order valence-corrected chi connectivity index (χ0v) is 28.3. The molecular weight excluding hydrogens is 634 g/mol. The zero-order valence-electron chi connectivity index (χ0n) is 28.3. The van der Waals surface area contributed by atoms with E-state index in [1.807, 2.05) is 103 Å². The molecule has 262 valence electrons. The van der Waals surface area contributed by atoms with Crippen LogP contribution in [0.1, 0.15) is 46.6 Å². The van der Waals surface area contributed by atoms with E-state index in [1.54, 1.807) is 0 Å². The molecule has 0 unspecified atom stereocenters. The third-order valence-corrected chi connectivity index (χ3v) is 9.20. The van der Waals surface area contributed by atoms with Gasteiger partial charge in [-0.25, -0.2) is 9.59 Å². The molecule has 2 fully saturated rings. The molecule has 10 nitrogen and oxygen atoms in total. The van der Waals surface area contributed by atoms with E-state index in [0.29, 0.717) is 6.42 Å². The van der Waals surface area contributed by atoms with E-state index in [0.717, 1.165) is 78.2 Å². The summed E-state index contributed by atoms with van der Waals surface area (Å²) in [5, 5.41) is 15.2. The van der Waals surface area contributed by atoms with Gasteiger partial charge in [0.1, 0.15) is 6.04 Å². The predicted molar refractivity (Wildman–Crippen MR) is 189 cm³/mol. The molecule has 0 radical (unpaired) electrons. The molecule has 0 aliphatic carbocycles. The molecule has 4 aromatic carbocycles. The number of amides is 2. The van der Waals surface area contributed by atoms with Crippen LogP contribution in [0.3, 0.4) is 0 Å². The zero-order chi connectivity index (χ0) is 34.7. The maximum Gasteiger partial charge on any atom is 0.328 e. The summed E-state index contributed by atoms with van der Waals surface area (Å²) in [4.78, 5) is 27.8. The van der Waals surface area contributed by atoms with Gasteiger partial charge in [0.25, 0.3) is 0 Å². The van der Waals surface area contributed by atoms with Crippen LogP contribution in [0.15, 0.2) is 103 Å². The van der Waals surface area contributed by atoms with E-state index in [9.17, 15) is 14.7 Å². The van der Waals surface area contributed by atoms with E-state index < -0.39 is 24.3 Å². The highest BCUT2D eigenvalue weighted by Crippen LogP contribution is 2.39. The Hall–Kier alpha value is -4.58. The quantitative estimate of drug-likeness (QED) is 0.173. The Bertz CT molecular complexity index is 1680. The van der Waals surface area contributed by atoms with Gasteiger partial charge in [0.2, 0.25) is 0 Å². The van der Waals surface area contributed by atoms with Crippen molar-refractivity contribution in [2.75, 3.05) is 40.0 Å². The van der Waals surface area contributed by atoms with Gasteiger partial charge in [0, 0.05) is 44.6 Å². The molecule has 2 aliphatic heterocycles. The van der Waals surface area contributed by atoms with Crippen molar-refractivity contribution in [3.05, 3.63) is 131 Å². The number of aliphatic hydroxyl groups excluding tert-OH is 1. The summed E-state index contributed by atoms with van der Waals surface area (Å²) < 4.78 is 23.6. The van der Waals surface area contributed by atoms with Gasteiger partial charge < -0.3 is 34.7 Å². The minimum Gasteiger partial charge on any atom is -0.467 e. The molecule has 0 saturated carbocycles. The second-order valence-electron chi connectivity index (χ2n) is 12.6. The lowest BCUT2D eigenvalue weighted by molar-refractivity contribution is -0.253. The van der Waals surface area contributed by atoms with Gasteiger partial charge in [0.05, 0.1) is 39.1 Å². The highest BCUT2D eigenvalue weighted by Gasteiger charge is 2.33. The summed E-state index contributed by atoms with van der Waals surface area (Å²) >= 11 is 0. The van der Waals surface area contributed by atoms with Gasteiger partial charge in [-0.2, -0.15) is 0 Å². The SMILES string of the molecule is COC(=O)[C@H](Cc1ccccc1)NC(=O)NCc1ccccc1-c1ccc([C@H]2O[C@@H](CN3CCOCC3)C[C@@H](c3ccc(CO)cc3)O2)cc1. The van der Waals surface area contributed by atoms with Crippen LogP contribution in [0, 0.1) is 0 Å². The number of methoxy groups -OCH3 is 1. The first kappa shape index (κ1) is 35.3. The summed E-state index contributed by atoms with van der Waals surface area (Å²) in [5.41, 5.74) is 6.64. The number of benzene rings is 4. The van der Waals surface area contributed by atoms with Crippen molar-refractivity contribution in [1.82, 2.24) is 15.5 Å². The summed E-state index contributed by atoms with van der Waals surface area (Å²) in [5.74, 6) is -0.506. The van der Waals surface area contributed by atoms with Crippen LogP contribution in [0.25, 0.3) is 11.1 Å². The van der Waals surface area contributed by atoms with Crippen LogP contribution in [-0.2, 0) is 43.3 Å². The Morgan fingerprint density at radius 2 is 1.56 bits per heavy atom. The highest BCUT2D eigenvalue weighted by atomic mass is 16.7. The number of nitrogens with zero attached hydrogens (tertiary/aromatic N) is 1. The average Bonchev–Trinajstić information content (AvgIpc) is 3.17. The number of hydrogen-bond donors (Lipinski definition) is 3. The number of carbonyl (C=O) groups excluding carboxylic acids is 2. The average molecular weight is 680 g/mol. The van der Waals surface area contributed by atoms with Crippen LogP contribution in [0.5, 0.6) is 0 Å². The number of urea groups is 1. The molecule has 2 heterocycles. The number of aliphatic hydroxyl groups is 1. The molecule has 0 spiro atoms. The van der Waals surface area contributed by atoms with E-state index >= 15 is 0 Å². The van der Waals surface area contributed by atoms with Crippen LogP contribution in [-0.4, -0.2) is 74.1 Å². The maximum absolute atomic E-state index is 12.9. The number of esters is 1. The highest BCUT2D eigenvalue weighted by molar-refractivity contribution is 5.84. The van der Waals surface area contributed by atoms with Crippen LogP contribution < -0.4 is 10.6 Å². The van der Waals surface area contributed by atoms with E-state index in [-0.39, 0.29) is 25.4 Å². The van der Waals surface area contributed by atoms with E-state index in [1.165, 1.54) is 7.11 Å². The van der Waals surface area contributed by atoms with Crippen molar-refractivity contribution in [3.8, 4) is 11.1 Å². The van der Waals surface area contributed by atoms with Crippen molar-refractivity contribution < 1.29 is 33.6 Å². The molecule has 0 aromatic heterocycles. The Morgan fingerprint density at radius 1 is 0.860 bits per heavy atom. The monoisotopic (exact) mass is 679 g/mol. The summed E-state index contributed by atoms with van der Waals surface area (Å²) in [6.07, 6.45) is 0.314. The van der Waals surface area contributed by atoms with Gasteiger partial charge in [-0.05, 0) is 33.4 Å². The minimum atomic E-state index is -0.817. The van der Waals surface area contributed by atoms with Gasteiger partial charge in [-0.15, -0.1) is 0 Å². The molecule has 4 atom stereocenters. The second kappa shape index (κ2) is 17.4. The van der Waals surface area contributed by atoms with Gasteiger partial charge in [-0.1, -0.05) is 103 Å². The van der Waals surface area contributed by atoms with Crippen LogP contribution >= 0.6 is 0 Å². The third kappa shape index (κ3) is 9.35. The first-order chi connectivity index (χ1) is 24.5. The molecule has 6 rings (SSSR count). The number of carbonyl (C=O) groups is 2. The first-order valence-electron chi connectivity index (χ1n) is 17.1. The topological polar surface area (TPSA) is 119 Å². The largest absolute Gasteiger partial charge is 0.467 e. The Kier molecular flexibility index (Phi) is 12.3. The summed E-state index contributed by atoms with van der Waals surface area (Å²) in [6.45, 7) is 4.27. The predicted octanol–water partition coefficient (Wildman–Crippen LogP) is 5.31. The van der Waals surface area contributed by atoms with Crippen molar-refractivity contribution in [2.45, 2.75) is 50.5 Å². The maximum atomic E-state index is 12.9. The van der Waals surface area contributed by atoms with Crippen molar-refractivity contribution in [1.29, 1.82) is 0 Å². The molecule has 4 aromatic rings. The number of nitrogens with one attached hydrogen (secondary N) is 2. The Labute approximate surface area is 293 Å². The smallest absolute Gasteiger partial charge is 0.328 e. The lowest BCUT2D eigenvalue weighted by atomic mass is 9.97.